The molecule has 0 fully saturated rings. The van der Waals surface area contributed by atoms with E-state index >= 15 is 0 Å². The van der Waals surface area contributed by atoms with E-state index in [0.29, 0.717) is 6.61 Å². The second kappa shape index (κ2) is 7.37. The molecule has 1 unspecified atom stereocenters. The van der Waals surface area contributed by atoms with Crippen LogP contribution in [0.1, 0.15) is 25.6 Å². The first-order valence-electron chi connectivity index (χ1n) is 5.89. The zero-order valence-electron chi connectivity index (χ0n) is 11.1. The third-order valence-corrected chi connectivity index (χ3v) is 2.44. The number of methoxy groups -OCH3 is 1. The van der Waals surface area contributed by atoms with Gasteiger partial charge in [0.1, 0.15) is 6.23 Å². The first kappa shape index (κ1) is 14.1. The first-order chi connectivity index (χ1) is 8.15. The normalized spacial score (nSPS) is 13.3. The van der Waals surface area contributed by atoms with Crippen LogP contribution in [0.2, 0.25) is 0 Å². The number of hydrogen-bond acceptors (Lipinski definition) is 4. The van der Waals surface area contributed by atoms with Crippen LogP contribution in [0.15, 0.2) is 24.5 Å². The van der Waals surface area contributed by atoms with Gasteiger partial charge in [0.2, 0.25) is 0 Å². The summed E-state index contributed by atoms with van der Waals surface area (Å²) in [7, 11) is 3.74. The van der Waals surface area contributed by atoms with Gasteiger partial charge in [0.05, 0.1) is 12.7 Å². The molecule has 0 amide bonds. The summed E-state index contributed by atoms with van der Waals surface area (Å²) in [5, 5.41) is 0. The van der Waals surface area contributed by atoms with Crippen molar-refractivity contribution >= 4 is 0 Å². The third kappa shape index (κ3) is 4.81. The Labute approximate surface area is 104 Å². The average molecular weight is 238 g/mol. The quantitative estimate of drug-likeness (QED) is 0.681. The van der Waals surface area contributed by atoms with Crippen molar-refractivity contribution in [1.82, 2.24) is 9.88 Å². The number of rotatable bonds is 7. The lowest BCUT2D eigenvalue weighted by atomic mass is 10.2. The second-order valence-corrected chi connectivity index (χ2v) is 4.29. The van der Waals surface area contributed by atoms with Gasteiger partial charge in [-0.25, -0.2) is 0 Å². The molecule has 1 heterocycles. The summed E-state index contributed by atoms with van der Waals surface area (Å²) in [6, 6.07) is 3.96. The summed E-state index contributed by atoms with van der Waals surface area (Å²) >= 11 is 0. The number of likely N-dealkylation sites (N-methyl/N-ethyl adjacent to an activating group) is 1. The Morgan fingerprint density at radius 3 is 2.47 bits per heavy atom. The molecular weight excluding hydrogens is 216 g/mol. The SMILES string of the molecule is COCCN(C)C(OC(C)C)c1ccncc1. The van der Waals surface area contributed by atoms with Crippen LogP contribution in [-0.4, -0.2) is 43.3 Å². The summed E-state index contributed by atoms with van der Waals surface area (Å²) in [5.74, 6) is 0. The molecule has 1 aromatic rings. The van der Waals surface area contributed by atoms with Crippen molar-refractivity contribution in [2.75, 3.05) is 27.3 Å². The number of hydrogen-bond donors (Lipinski definition) is 0. The fourth-order valence-corrected chi connectivity index (χ4v) is 1.58. The minimum Gasteiger partial charge on any atom is -0.383 e. The lowest BCUT2D eigenvalue weighted by Gasteiger charge is -2.29. The Bertz CT molecular complexity index is 304. The van der Waals surface area contributed by atoms with E-state index in [1.807, 2.05) is 33.0 Å². The molecule has 0 aliphatic heterocycles. The average Bonchev–Trinajstić information content (AvgIpc) is 2.34. The lowest BCUT2D eigenvalue weighted by Crippen LogP contribution is -2.31. The predicted octanol–water partition coefficient (Wildman–Crippen LogP) is 2.08. The summed E-state index contributed by atoms with van der Waals surface area (Å²) < 4.78 is 11.0. The smallest absolute Gasteiger partial charge is 0.137 e. The zero-order chi connectivity index (χ0) is 12.7. The van der Waals surface area contributed by atoms with E-state index in [-0.39, 0.29) is 12.3 Å². The van der Waals surface area contributed by atoms with Gasteiger partial charge in [0.15, 0.2) is 0 Å². The number of ether oxygens (including phenoxy) is 2. The van der Waals surface area contributed by atoms with E-state index in [1.54, 1.807) is 19.5 Å². The summed E-state index contributed by atoms with van der Waals surface area (Å²) in [6.45, 7) is 5.60. The Morgan fingerprint density at radius 1 is 1.29 bits per heavy atom. The molecule has 4 heteroatoms. The van der Waals surface area contributed by atoms with Crippen molar-refractivity contribution in [2.24, 2.45) is 0 Å². The van der Waals surface area contributed by atoms with E-state index < -0.39 is 0 Å². The minimum absolute atomic E-state index is 0.0480. The lowest BCUT2D eigenvalue weighted by molar-refractivity contribution is -0.0857. The molecular formula is C13H22N2O2. The molecule has 1 atom stereocenters. The molecule has 0 aromatic carbocycles. The number of aromatic nitrogens is 1. The molecule has 17 heavy (non-hydrogen) atoms. The molecule has 0 aliphatic carbocycles. The number of pyridine rings is 1. The van der Waals surface area contributed by atoms with E-state index in [1.165, 1.54) is 0 Å². The standard InChI is InChI=1S/C13H22N2O2/c1-11(2)17-13(15(3)9-10-16-4)12-5-7-14-8-6-12/h5-8,11,13H,9-10H2,1-4H3. The van der Waals surface area contributed by atoms with Crippen LogP contribution in [-0.2, 0) is 9.47 Å². The van der Waals surface area contributed by atoms with Crippen molar-refractivity contribution in [3.8, 4) is 0 Å². The van der Waals surface area contributed by atoms with E-state index in [0.717, 1.165) is 12.1 Å². The van der Waals surface area contributed by atoms with Crippen molar-refractivity contribution < 1.29 is 9.47 Å². The largest absolute Gasteiger partial charge is 0.383 e. The van der Waals surface area contributed by atoms with Gasteiger partial charge in [-0.05, 0) is 38.6 Å². The molecule has 0 saturated heterocycles. The van der Waals surface area contributed by atoms with Crippen molar-refractivity contribution in [3.63, 3.8) is 0 Å². The molecule has 0 radical (unpaired) electrons. The first-order valence-corrected chi connectivity index (χ1v) is 5.89. The van der Waals surface area contributed by atoms with Crippen LogP contribution in [0.4, 0.5) is 0 Å². The third-order valence-electron chi connectivity index (χ3n) is 2.44. The van der Waals surface area contributed by atoms with Gasteiger partial charge in [-0.15, -0.1) is 0 Å². The maximum Gasteiger partial charge on any atom is 0.137 e. The van der Waals surface area contributed by atoms with Crippen molar-refractivity contribution in [3.05, 3.63) is 30.1 Å². The second-order valence-electron chi connectivity index (χ2n) is 4.29. The fourth-order valence-electron chi connectivity index (χ4n) is 1.58. The Balaban J connectivity index is 2.73. The maximum atomic E-state index is 5.94. The van der Waals surface area contributed by atoms with Crippen LogP contribution in [0, 0.1) is 0 Å². The highest BCUT2D eigenvalue weighted by molar-refractivity contribution is 5.12. The van der Waals surface area contributed by atoms with Crippen LogP contribution in [0.25, 0.3) is 0 Å². The minimum atomic E-state index is -0.0480. The van der Waals surface area contributed by atoms with E-state index in [4.69, 9.17) is 9.47 Å². The maximum absolute atomic E-state index is 5.94. The zero-order valence-corrected chi connectivity index (χ0v) is 11.1. The molecule has 4 nitrogen and oxygen atoms in total. The highest BCUT2D eigenvalue weighted by Crippen LogP contribution is 2.21. The van der Waals surface area contributed by atoms with Gasteiger partial charge in [0, 0.05) is 26.0 Å². The molecule has 0 saturated carbocycles. The van der Waals surface area contributed by atoms with Crippen molar-refractivity contribution in [2.45, 2.75) is 26.2 Å². The van der Waals surface area contributed by atoms with E-state index in [9.17, 15) is 0 Å². The Morgan fingerprint density at radius 2 is 1.94 bits per heavy atom. The molecule has 0 bridgehead atoms. The Hall–Kier alpha value is -0.970. The molecule has 0 aliphatic rings. The highest BCUT2D eigenvalue weighted by atomic mass is 16.5. The summed E-state index contributed by atoms with van der Waals surface area (Å²) in [6.07, 6.45) is 3.71. The molecule has 0 spiro atoms. The van der Waals surface area contributed by atoms with Crippen LogP contribution in [0.5, 0.6) is 0 Å². The van der Waals surface area contributed by atoms with Gasteiger partial charge in [-0.2, -0.15) is 0 Å². The van der Waals surface area contributed by atoms with Gasteiger partial charge in [-0.3, -0.25) is 9.88 Å². The molecule has 0 N–H and O–H groups in total. The highest BCUT2D eigenvalue weighted by Gasteiger charge is 2.18. The number of nitrogens with zero attached hydrogens (tertiary/aromatic N) is 2. The van der Waals surface area contributed by atoms with Gasteiger partial charge in [0.25, 0.3) is 0 Å². The van der Waals surface area contributed by atoms with Crippen LogP contribution in [0.3, 0.4) is 0 Å². The van der Waals surface area contributed by atoms with Crippen molar-refractivity contribution in [1.29, 1.82) is 0 Å². The van der Waals surface area contributed by atoms with Crippen LogP contribution < -0.4 is 0 Å². The Kier molecular flexibility index (Phi) is 6.11. The molecule has 96 valence electrons. The van der Waals surface area contributed by atoms with Gasteiger partial charge in [-0.1, -0.05) is 0 Å². The predicted molar refractivity (Wildman–Crippen MR) is 67.7 cm³/mol. The summed E-state index contributed by atoms with van der Waals surface area (Å²) in [4.78, 5) is 6.17. The van der Waals surface area contributed by atoms with Gasteiger partial charge >= 0.3 is 0 Å². The topological polar surface area (TPSA) is 34.6 Å². The van der Waals surface area contributed by atoms with E-state index in [2.05, 4.69) is 9.88 Å². The fraction of sp³-hybridized carbons (Fsp3) is 0.615. The molecule has 1 rings (SSSR count). The van der Waals surface area contributed by atoms with Gasteiger partial charge < -0.3 is 9.47 Å². The molecule has 1 aromatic heterocycles. The monoisotopic (exact) mass is 238 g/mol. The van der Waals surface area contributed by atoms with Crippen LogP contribution >= 0.6 is 0 Å². The summed E-state index contributed by atoms with van der Waals surface area (Å²) in [5.41, 5.74) is 1.12.